The van der Waals surface area contributed by atoms with Crippen molar-refractivity contribution in [2.75, 3.05) is 37.5 Å². The Bertz CT molecular complexity index is 764. The molecule has 138 valence electrons. The van der Waals surface area contributed by atoms with Crippen LogP contribution in [-0.2, 0) is 0 Å². The number of anilines is 2. The summed E-state index contributed by atoms with van der Waals surface area (Å²) in [4.78, 5) is 23.4. The Hall–Kier alpha value is -2.83. The number of benzene rings is 1. The molecule has 1 fully saturated rings. The Morgan fingerprint density at radius 2 is 2.08 bits per heavy atom. The summed E-state index contributed by atoms with van der Waals surface area (Å²) in [6.07, 6.45) is 5.58. The number of hydrogen-bond acceptors (Lipinski definition) is 6. The summed E-state index contributed by atoms with van der Waals surface area (Å²) in [5.74, 6) is 2.30. The summed E-state index contributed by atoms with van der Waals surface area (Å²) in [6, 6.07) is 5.19. The minimum Gasteiger partial charge on any atom is -0.497 e. The topological polar surface area (TPSA) is 76.6 Å². The van der Waals surface area contributed by atoms with Crippen molar-refractivity contribution in [1.82, 2.24) is 9.97 Å². The van der Waals surface area contributed by atoms with E-state index in [0.717, 1.165) is 25.3 Å². The molecule has 7 nitrogen and oxygen atoms in total. The fraction of sp³-hybridized carbons (Fsp3) is 0.421. The number of methoxy groups -OCH3 is 2. The molecule has 0 saturated carbocycles. The molecular weight excluding hydrogens is 332 g/mol. The smallest absolute Gasteiger partial charge is 0.275 e. The Morgan fingerprint density at radius 3 is 2.73 bits per heavy atom. The molecule has 1 saturated heterocycles. The standard InChI is InChI=1S/C19H24N4O3/c1-13-5-4-8-23(12-13)18-11-20-16(10-21-18)19(24)22-15-7-6-14(25-2)9-17(15)26-3/h6-7,9-11,13H,4-5,8,12H2,1-3H3,(H,22,24). The van der Waals surface area contributed by atoms with E-state index in [1.165, 1.54) is 12.6 Å². The van der Waals surface area contributed by atoms with E-state index in [2.05, 4.69) is 27.1 Å². The number of hydrogen-bond donors (Lipinski definition) is 1. The number of carbonyl (C=O) groups is 1. The molecule has 1 aromatic carbocycles. The Labute approximate surface area is 153 Å². The highest BCUT2D eigenvalue weighted by atomic mass is 16.5. The van der Waals surface area contributed by atoms with E-state index in [9.17, 15) is 4.79 Å². The second-order valence-electron chi connectivity index (χ2n) is 6.47. The van der Waals surface area contributed by atoms with Crippen LogP contribution in [0.1, 0.15) is 30.3 Å². The maximum atomic E-state index is 12.5. The van der Waals surface area contributed by atoms with Gasteiger partial charge in [0.25, 0.3) is 5.91 Å². The van der Waals surface area contributed by atoms with E-state index in [4.69, 9.17) is 9.47 Å². The van der Waals surface area contributed by atoms with E-state index in [1.54, 1.807) is 38.6 Å². The molecule has 3 rings (SSSR count). The predicted octanol–water partition coefficient (Wildman–Crippen LogP) is 2.98. The first-order chi connectivity index (χ1) is 12.6. The number of piperidine rings is 1. The molecule has 1 amide bonds. The molecule has 1 aromatic heterocycles. The van der Waals surface area contributed by atoms with Crippen molar-refractivity contribution in [3.8, 4) is 11.5 Å². The van der Waals surface area contributed by atoms with Gasteiger partial charge in [0, 0.05) is 19.2 Å². The normalized spacial score (nSPS) is 16.9. The number of amides is 1. The van der Waals surface area contributed by atoms with Crippen LogP contribution in [0, 0.1) is 5.92 Å². The van der Waals surface area contributed by atoms with E-state index in [0.29, 0.717) is 23.1 Å². The van der Waals surface area contributed by atoms with Gasteiger partial charge in [0.1, 0.15) is 23.0 Å². The van der Waals surface area contributed by atoms with Gasteiger partial charge in [-0.2, -0.15) is 0 Å². The van der Waals surface area contributed by atoms with Gasteiger partial charge in [0.05, 0.1) is 32.3 Å². The van der Waals surface area contributed by atoms with Crippen LogP contribution in [0.5, 0.6) is 11.5 Å². The maximum Gasteiger partial charge on any atom is 0.275 e. The van der Waals surface area contributed by atoms with Crippen LogP contribution in [0.25, 0.3) is 0 Å². The quantitative estimate of drug-likeness (QED) is 0.887. The van der Waals surface area contributed by atoms with Gasteiger partial charge >= 0.3 is 0 Å². The number of carbonyl (C=O) groups excluding carboxylic acids is 1. The molecule has 1 unspecified atom stereocenters. The lowest BCUT2D eigenvalue weighted by molar-refractivity contribution is 0.102. The Kier molecular flexibility index (Phi) is 5.55. The SMILES string of the molecule is COc1ccc(NC(=O)c2cnc(N3CCCC(C)C3)cn2)c(OC)c1. The van der Waals surface area contributed by atoms with Crippen LogP contribution in [0.15, 0.2) is 30.6 Å². The molecule has 2 heterocycles. The second kappa shape index (κ2) is 8.03. The summed E-state index contributed by atoms with van der Waals surface area (Å²) >= 11 is 0. The number of ether oxygens (including phenoxy) is 2. The second-order valence-corrected chi connectivity index (χ2v) is 6.47. The van der Waals surface area contributed by atoms with Gasteiger partial charge in [-0.25, -0.2) is 9.97 Å². The lowest BCUT2D eigenvalue weighted by atomic mass is 10.0. The van der Waals surface area contributed by atoms with Crippen molar-refractivity contribution in [1.29, 1.82) is 0 Å². The third kappa shape index (κ3) is 4.04. The van der Waals surface area contributed by atoms with Crippen LogP contribution in [0.4, 0.5) is 11.5 Å². The summed E-state index contributed by atoms with van der Waals surface area (Å²) in [7, 11) is 3.12. The molecule has 1 atom stereocenters. The van der Waals surface area contributed by atoms with Gasteiger partial charge in [-0.05, 0) is 30.9 Å². The summed E-state index contributed by atoms with van der Waals surface area (Å²) in [6.45, 7) is 4.19. The van der Waals surface area contributed by atoms with Crippen LogP contribution in [0.2, 0.25) is 0 Å². The first-order valence-corrected chi connectivity index (χ1v) is 8.71. The number of rotatable bonds is 5. The minimum absolute atomic E-state index is 0.261. The highest BCUT2D eigenvalue weighted by molar-refractivity contribution is 6.03. The first kappa shape index (κ1) is 18.0. The number of aromatic nitrogens is 2. The van der Waals surface area contributed by atoms with Crippen molar-refractivity contribution >= 4 is 17.4 Å². The highest BCUT2D eigenvalue weighted by Crippen LogP contribution is 2.29. The molecule has 0 spiro atoms. The lowest BCUT2D eigenvalue weighted by Gasteiger charge is -2.31. The lowest BCUT2D eigenvalue weighted by Crippen LogP contribution is -2.35. The highest BCUT2D eigenvalue weighted by Gasteiger charge is 2.19. The molecule has 1 aliphatic heterocycles. The van der Waals surface area contributed by atoms with Crippen molar-refractivity contribution in [3.05, 3.63) is 36.3 Å². The van der Waals surface area contributed by atoms with Gasteiger partial charge in [0.15, 0.2) is 0 Å². The minimum atomic E-state index is -0.334. The molecule has 0 aliphatic carbocycles. The largest absolute Gasteiger partial charge is 0.497 e. The molecule has 7 heteroatoms. The van der Waals surface area contributed by atoms with E-state index >= 15 is 0 Å². The van der Waals surface area contributed by atoms with Crippen LogP contribution in [0.3, 0.4) is 0 Å². The molecule has 26 heavy (non-hydrogen) atoms. The van der Waals surface area contributed by atoms with E-state index in [-0.39, 0.29) is 11.6 Å². The van der Waals surface area contributed by atoms with Gasteiger partial charge in [0.2, 0.25) is 0 Å². The fourth-order valence-corrected chi connectivity index (χ4v) is 3.09. The Morgan fingerprint density at radius 1 is 1.23 bits per heavy atom. The zero-order chi connectivity index (χ0) is 18.5. The average molecular weight is 356 g/mol. The zero-order valence-corrected chi connectivity index (χ0v) is 15.4. The van der Waals surface area contributed by atoms with Gasteiger partial charge in [-0.3, -0.25) is 4.79 Å². The van der Waals surface area contributed by atoms with Crippen molar-refractivity contribution < 1.29 is 14.3 Å². The van der Waals surface area contributed by atoms with Crippen LogP contribution >= 0.6 is 0 Å². The summed E-state index contributed by atoms with van der Waals surface area (Å²) in [5.41, 5.74) is 0.811. The molecular formula is C19H24N4O3. The molecule has 0 bridgehead atoms. The van der Waals surface area contributed by atoms with Crippen LogP contribution < -0.4 is 19.7 Å². The van der Waals surface area contributed by atoms with Crippen molar-refractivity contribution in [2.45, 2.75) is 19.8 Å². The molecule has 1 aliphatic rings. The summed E-state index contributed by atoms with van der Waals surface area (Å²) in [5, 5.41) is 2.80. The predicted molar refractivity (Wildman–Crippen MR) is 100 cm³/mol. The maximum absolute atomic E-state index is 12.5. The summed E-state index contributed by atoms with van der Waals surface area (Å²) < 4.78 is 10.5. The average Bonchev–Trinajstić information content (AvgIpc) is 2.68. The van der Waals surface area contributed by atoms with E-state index in [1.807, 2.05) is 0 Å². The number of nitrogens with one attached hydrogen (secondary N) is 1. The van der Waals surface area contributed by atoms with Crippen molar-refractivity contribution in [3.63, 3.8) is 0 Å². The molecule has 2 aromatic rings. The zero-order valence-electron chi connectivity index (χ0n) is 15.4. The molecule has 1 N–H and O–H groups in total. The third-order valence-electron chi connectivity index (χ3n) is 4.51. The van der Waals surface area contributed by atoms with Gasteiger partial charge in [-0.15, -0.1) is 0 Å². The number of nitrogens with zero attached hydrogens (tertiary/aromatic N) is 3. The fourth-order valence-electron chi connectivity index (χ4n) is 3.09. The molecule has 0 radical (unpaired) electrons. The first-order valence-electron chi connectivity index (χ1n) is 8.71. The van der Waals surface area contributed by atoms with Gasteiger partial charge in [-0.1, -0.05) is 6.92 Å². The van der Waals surface area contributed by atoms with Gasteiger partial charge < -0.3 is 19.7 Å². The monoisotopic (exact) mass is 356 g/mol. The van der Waals surface area contributed by atoms with E-state index < -0.39 is 0 Å². The Balaban J connectivity index is 1.70. The van der Waals surface area contributed by atoms with Crippen LogP contribution in [-0.4, -0.2) is 43.2 Å². The third-order valence-corrected chi connectivity index (χ3v) is 4.51. The van der Waals surface area contributed by atoms with Crippen molar-refractivity contribution in [2.24, 2.45) is 5.92 Å².